The van der Waals surface area contributed by atoms with Gasteiger partial charge < -0.3 is 5.11 Å². The van der Waals surface area contributed by atoms with Gasteiger partial charge in [-0.05, 0) is 54.1 Å². The smallest absolute Gasteiger partial charge is 0.131 e. The topological polar surface area (TPSA) is 20.2 Å². The van der Waals surface area contributed by atoms with E-state index in [4.69, 9.17) is 11.6 Å². The lowest BCUT2D eigenvalue weighted by atomic mass is 9.87. The molecule has 0 saturated heterocycles. The third-order valence-electron chi connectivity index (χ3n) is 3.80. The maximum Gasteiger partial charge on any atom is 0.131 e. The summed E-state index contributed by atoms with van der Waals surface area (Å²) in [7, 11) is 0. The van der Waals surface area contributed by atoms with Gasteiger partial charge in [0, 0.05) is 10.4 Å². The minimum Gasteiger partial charge on any atom is -0.386 e. The summed E-state index contributed by atoms with van der Waals surface area (Å²) in [5.41, 5.74) is 1.41. The summed E-state index contributed by atoms with van der Waals surface area (Å²) in [6.07, 6.45) is 0. The molecule has 0 bridgehead atoms. The molecule has 0 unspecified atom stereocenters. The summed E-state index contributed by atoms with van der Waals surface area (Å²) >= 11 is 6.08. The number of hydrogen-bond donors (Lipinski definition) is 1. The van der Waals surface area contributed by atoms with Gasteiger partial charge in [-0.15, -0.1) is 0 Å². The third kappa shape index (κ3) is 2.60. The van der Waals surface area contributed by atoms with Crippen molar-refractivity contribution in [1.29, 1.82) is 0 Å². The average Bonchev–Trinajstić information content (AvgIpc) is 2.47. The molecule has 22 heavy (non-hydrogen) atoms. The van der Waals surface area contributed by atoms with Crippen LogP contribution in [0, 0.1) is 5.82 Å². The number of benzene rings is 3. The van der Waals surface area contributed by atoms with Crippen molar-refractivity contribution >= 4 is 22.4 Å². The fraction of sp³-hybridized carbons (Fsp3) is 0.158. The first-order valence-electron chi connectivity index (χ1n) is 7.08. The van der Waals surface area contributed by atoms with Crippen LogP contribution in [0.2, 0.25) is 5.02 Å². The molecule has 0 amide bonds. The molecule has 0 spiro atoms. The van der Waals surface area contributed by atoms with Gasteiger partial charge >= 0.3 is 0 Å². The Bertz CT molecular complexity index is 850. The molecule has 0 radical (unpaired) electrons. The van der Waals surface area contributed by atoms with Crippen molar-refractivity contribution in [2.24, 2.45) is 0 Å². The number of rotatable bonds is 2. The lowest BCUT2D eigenvalue weighted by Crippen LogP contribution is -2.16. The standard InChI is InChI=1S/C19H16ClFO/c1-19(2,22)17-11-12(20)7-8-15(17)14-9-10-18(21)16-6-4-3-5-13(14)16/h3-11,22H,1-2H3. The molecule has 1 N–H and O–H groups in total. The van der Waals surface area contributed by atoms with Crippen molar-refractivity contribution in [3.63, 3.8) is 0 Å². The highest BCUT2D eigenvalue weighted by atomic mass is 35.5. The SMILES string of the molecule is CC(C)(O)c1cc(Cl)ccc1-c1ccc(F)c2ccccc12. The molecular formula is C19H16ClFO. The van der Waals surface area contributed by atoms with Crippen LogP contribution in [0.15, 0.2) is 54.6 Å². The molecule has 1 nitrogen and oxygen atoms in total. The lowest BCUT2D eigenvalue weighted by Gasteiger charge is -2.23. The van der Waals surface area contributed by atoms with E-state index in [1.165, 1.54) is 6.07 Å². The van der Waals surface area contributed by atoms with Gasteiger partial charge in [0.1, 0.15) is 5.82 Å². The summed E-state index contributed by atoms with van der Waals surface area (Å²) in [4.78, 5) is 0. The van der Waals surface area contributed by atoms with Crippen LogP contribution in [0.1, 0.15) is 19.4 Å². The van der Waals surface area contributed by atoms with Gasteiger partial charge in [-0.3, -0.25) is 0 Å². The third-order valence-corrected chi connectivity index (χ3v) is 4.04. The van der Waals surface area contributed by atoms with Gasteiger partial charge in [0.05, 0.1) is 5.60 Å². The maximum absolute atomic E-state index is 14.0. The normalized spacial score (nSPS) is 11.9. The first-order valence-corrected chi connectivity index (χ1v) is 7.46. The largest absolute Gasteiger partial charge is 0.386 e. The lowest BCUT2D eigenvalue weighted by molar-refractivity contribution is 0.0792. The molecule has 3 aromatic carbocycles. The van der Waals surface area contributed by atoms with Crippen molar-refractivity contribution in [1.82, 2.24) is 0 Å². The molecule has 3 heteroatoms. The molecule has 0 saturated carbocycles. The Labute approximate surface area is 134 Å². The van der Waals surface area contributed by atoms with Crippen molar-refractivity contribution < 1.29 is 9.50 Å². The van der Waals surface area contributed by atoms with Crippen LogP contribution >= 0.6 is 11.6 Å². The van der Waals surface area contributed by atoms with Gasteiger partial charge in [-0.25, -0.2) is 4.39 Å². The van der Waals surface area contributed by atoms with E-state index in [0.29, 0.717) is 10.4 Å². The van der Waals surface area contributed by atoms with E-state index < -0.39 is 5.60 Å². The van der Waals surface area contributed by atoms with Gasteiger partial charge in [0.25, 0.3) is 0 Å². The molecule has 112 valence electrons. The Balaban J connectivity index is 2.36. The van der Waals surface area contributed by atoms with E-state index in [2.05, 4.69) is 0 Å². The zero-order valence-electron chi connectivity index (χ0n) is 12.4. The zero-order valence-corrected chi connectivity index (χ0v) is 13.2. The first kappa shape index (κ1) is 15.0. The molecular weight excluding hydrogens is 299 g/mol. The van der Waals surface area contributed by atoms with E-state index in [9.17, 15) is 9.50 Å². The number of fused-ring (bicyclic) bond motifs is 1. The summed E-state index contributed by atoms with van der Waals surface area (Å²) in [6.45, 7) is 3.43. The van der Waals surface area contributed by atoms with Crippen molar-refractivity contribution in [2.75, 3.05) is 0 Å². The highest BCUT2D eigenvalue weighted by molar-refractivity contribution is 6.30. The molecule has 0 aliphatic heterocycles. The summed E-state index contributed by atoms with van der Waals surface area (Å²) < 4.78 is 14.0. The molecule has 0 aromatic heterocycles. The Hall–Kier alpha value is -1.90. The molecule has 0 fully saturated rings. The second-order valence-electron chi connectivity index (χ2n) is 5.89. The minimum atomic E-state index is -1.05. The molecule has 0 atom stereocenters. The van der Waals surface area contributed by atoms with Crippen LogP contribution in [-0.4, -0.2) is 5.11 Å². The van der Waals surface area contributed by atoms with Crippen LogP contribution in [0.3, 0.4) is 0 Å². The fourth-order valence-electron chi connectivity index (χ4n) is 2.75. The Morgan fingerprint density at radius 3 is 2.23 bits per heavy atom. The Kier molecular flexibility index (Phi) is 3.67. The van der Waals surface area contributed by atoms with Crippen molar-refractivity contribution in [3.05, 3.63) is 71.0 Å². The van der Waals surface area contributed by atoms with Crippen LogP contribution in [0.25, 0.3) is 21.9 Å². The van der Waals surface area contributed by atoms with Crippen LogP contribution < -0.4 is 0 Å². The quantitative estimate of drug-likeness (QED) is 0.659. The minimum absolute atomic E-state index is 0.252. The highest BCUT2D eigenvalue weighted by Gasteiger charge is 2.22. The average molecular weight is 315 g/mol. The van der Waals surface area contributed by atoms with E-state index in [0.717, 1.165) is 22.1 Å². The molecule has 0 heterocycles. The molecule has 3 rings (SSSR count). The Morgan fingerprint density at radius 1 is 0.909 bits per heavy atom. The zero-order chi connectivity index (χ0) is 15.9. The molecule has 0 aliphatic rings. The second kappa shape index (κ2) is 5.38. The van der Waals surface area contributed by atoms with Gasteiger partial charge in [0.2, 0.25) is 0 Å². The van der Waals surface area contributed by atoms with Crippen LogP contribution in [0.5, 0.6) is 0 Å². The van der Waals surface area contributed by atoms with Crippen LogP contribution in [0.4, 0.5) is 4.39 Å². The number of halogens is 2. The van der Waals surface area contributed by atoms with E-state index in [1.54, 1.807) is 38.1 Å². The van der Waals surface area contributed by atoms with Crippen molar-refractivity contribution in [2.45, 2.75) is 19.4 Å². The highest BCUT2D eigenvalue weighted by Crippen LogP contribution is 2.37. The fourth-order valence-corrected chi connectivity index (χ4v) is 2.93. The molecule has 3 aromatic rings. The summed E-state index contributed by atoms with van der Waals surface area (Å²) in [6, 6.07) is 16.0. The first-order chi connectivity index (χ1) is 10.4. The van der Waals surface area contributed by atoms with Gasteiger partial charge in [-0.1, -0.05) is 48.0 Å². The number of hydrogen-bond acceptors (Lipinski definition) is 1. The van der Waals surface area contributed by atoms with Crippen LogP contribution in [-0.2, 0) is 5.60 Å². The predicted octanol–water partition coefficient (Wildman–Crippen LogP) is 5.53. The Morgan fingerprint density at radius 2 is 1.55 bits per heavy atom. The maximum atomic E-state index is 14.0. The number of aliphatic hydroxyl groups is 1. The molecule has 0 aliphatic carbocycles. The predicted molar refractivity (Wildman–Crippen MR) is 89.6 cm³/mol. The summed E-state index contributed by atoms with van der Waals surface area (Å²) in [5, 5.41) is 12.4. The van der Waals surface area contributed by atoms with E-state index >= 15 is 0 Å². The summed E-state index contributed by atoms with van der Waals surface area (Å²) in [5.74, 6) is -0.252. The van der Waals surface area contributed by atoms with Gasteiger partial charge in [0.15, 0.2) is 0 Å². The monoisotopic (exact) mass is 314 g/mol. The van der Waals surface area contributed by atoms with E-state index in [-0.39, 0.29) is 5.82 Å². The van der Waals surface area contributed by atoms with Crippen molar-refractivity contribution in [3.8, 4) is 11.1 Å². The van der Waals surface area contributed by atoms with Gasteiger partial charge in [-0.2, -0.15) is 0 Å². The second-order valence-corrected chi connectivity index (χ2v) is 6.33. The van der Waals surface area contributed by atoms with E-state index in [1.807, 2.05) is 24.3 Å².